The Morgan fingerprint density at radius 1 is 0.854 bits per heavy atom. The average molecular weight is 576 g/mol. The molecule has 12 N–H and O–H groups in total. The topological polar surface area (TPSA) is 273 Å². The summed E-state index contributed by atoms with van der Waals surface area (Å²) in [5.41, 5.74) is 17.9. The van der Waals surface area contributed by atoms with Crippen molar-refractivity contribution in [1.29, 1.82) is 0 Å². The van der Waals surface area contributed by atoms with Crippen molar-refractivity contribution in [2.75, 3.05) is 6.54 Å². The number of nitrogens with two attached hydrogens (primary N) is 3. The van der Waals surface area contributed by atoms with Gasteiger partial charge < -0.3 is 48.3 Å². The molecule has 4 atom stereocenters. The molecular formula is C26H37N7O8. The van der Waals surface area contributed by atoms with E-state index in [-0.39, 0.29) is 25.7 Å². The zero-order valence-corrected chi connectivity index (χ0v) is 22.4. The van der Waals surface area contributed by atoms with Gasteiger partial charge in [0.15, 0.2) is 0 Å². The van der Waals surface area contributed by atoms with Crippen molar-refractivity contribution in [3.05, 3.63) is 36.0 Å². The Hall–Kier alpha value is -4.50. The largest absolute Gasteiger partial charge is 0.481 e. The monoisotopic (exact) mass is 575 g/mol. The highest BCUT2D eigenvalue weighted by Gasteiger charge is 2.32. The third-order valence-corrected chi connectivity index (χ3v) is 6.34. The standard InChI is InChI=1S/C26H37N7O8/c27-10-4-3-6-16(28)23(37)32-19(12-22(35)36)25(39)31-18(8-9-21(29)34)24(38)33-20(26(40)41)11-14-13-30-17-7-2-1-5-15(14)17/h1-2,5,7,13,16,18-20,30H,3-4,6,8-12,27-28H2,(H2,29,34)(H,31,39)(H,32,37)(H,33,38)(H,35,36)(H,40,41). The minimum absolute atomic E-state index is 0.0959. The van der Waals surface area contributed by atoms with Crippen molar-refractivity contribution in [3.63, 3.8) is 0 Å². The Balaban J connectivity index is 2.18. The summed E-state index contributed by atoms with van der Waals surface area (Å²) < 4.78 is 0. The van der Waals surface area contributed by atoms with Crippen molar-refractivity contribution in [1.82, 2.24) is 20.9 Å². The maximum atomic E-state index is 13.1. The highest BCUT2D eigenvalue weighted by molar-refractivity contribution is 5.96. The number of amides is 4. The van der Waals surface area contributed by atoms with E-state index in [1.807, 2.05) is 6.07 Å². The molecule has 2 rings (SSSR count). The molecule has 0 saturated carbocycles. The number of hydrogen-bond acceptors (Lipinski definition) is 8. The lowest BCUT2D eigenvalue weighted by Crippen LogP contribution is -2.57. The Labute approximate surface area is 235 Å². The Kier molecular flexibility index (Phi) is 12.7. The number of H-pyrrole nitrogens is 1. The SMILES string of the molecule is NCCCCC(N)C(=O)NC(CC(=O)O)C(=O)NC(CCC(N)=O)C(=O)NC(Cc1c[nH]c2ccccc12)C(=O)O. The second kappa shape index (κ2) is 15.9. The van der Waals surface area contributed by atoms with E-state index in [1.54, 1.807) is 24.4 Å². The van der Waals surface area contributed by atoms with Crippen molar-refractivity contribution >= 4 is 46.5 Å². The second-order valence-electron chi connectivity index (χ2n) is 9.58. The van der Waals surface area contributed by atoms with Crippen molar-refractivity contribution in [2.24, 2.45) is 17.2 Å². The Bertz CT molecular complexity index is 1250. The predicted molar refractivity (Wildman–Crippen MR) is 147 cm³/mol. The number of hydrogen-bond donors (Lipinski definition) is 9. The van der Waals surface area contributed by atoms with E-state index in [9.17, 15) is 39.0 Å². The molecule has 1 aromatic carbocycles. The number of primary amides is 1. The van der Waals surface area contributed by atoms with Crippen LogP contribution in [0.15, 0.2) is 30.5 Å². The fourth-order valence-electron chi connectivity index (χ4n) is 4.12. The van der Waals surface area contributed by atoms with Gasteiger partial charge >= 0.3 is 11.9 Å². The van der Waals surface area contributed by atoms with Crippen LogP contribution in [0.2, 0.25) is 0 Å². The molecule has 0 bridgehead atoms. The van der Waals surface area contributed by atoms with Gasteiger partial charge in [-0.3, -0.25) is 24.0 Å². The molecule has 15 nitrogen and oxygen atoms in total. The van der Waals surface area contributed by atoms with Crippen molar-refractivity contribution in [3.8, 4) is 0 Å². The third-order valence-electron chi connectivity index (χ3n) is 6.34. The van der Waals surface area contributed by atoms with Crippen LogP contribution in [0.1, 0.15) is 44.1 Å². The molecule has 0 aliphatic carbocycles. The van der Waals surface area contributed by atoms with Gasteiger partial charge in [0, 0.05) is 29.9 Å². The molecule has 4 unspecified atom stereocenters. The molecule has 1 heterocycles. The van der Waals surface area contributed by atoms with Gasteiger partial charge in [0.05, 0.1) is 12.5 Å². The highest BCUT2D eigenvalue weighted by Crippen LogP contribution is 2.19. The van der Waals surface area contributed by atoms with Gasteiger partial charge in [-0.05, 0) is 37.4 Å². The van der Waals surface area contributed by atoms with Crippen LogP contribution in [0.25, 0.3) is 10.9 Å². The zero-order chi connectivity index (χ0) is 30.5. The molecule has 2 aromatic rings. The van der Waals surface area contributed by atoms with Gasteiger partial charge in [-0.1, -0.05) is 24.6 Å². The van der Waals surface area contributed by atoms with E-state index in [0.717, 1.165) is 10.9 Å². The van der Waals surface area contributed by atoms with Crippen molar-refractivity contribution < 1.29 is 39.0 Å². The van der Waals surface area contributed by atoms with Gasteiger partial charge in [-0.25, -0.2) is 4.79 Å². The van der Waals surface area contributed by atoms with Crippen LogP contribution >= 0.6 is 0 Å². The van der Waals surface area contributed by atoms with E-state index in [1.165, 1.54) is 0 Å². The number of aliphatic carboxylic acids is 2. The summed E-state index contributed by atoms with van der Waals surface area (Å²) >= 11 is 0. The van der Waals surface area contributed by atoms with Crippen LogP contribution in [0.5, 0.6) is 0 Å². The summed E-state index contributed by atoms with van der Waals surface area (Å²) in [7, 11) is 0. The zero-order valence-electron chi connectivity index (χ0n) is 22.4. The van der Waals surface area contributed by atoms with E-state index in [2.05, 4.69) is 20.9 Å². The number of aromatic amines is 1. The first-order chi connectivity index (χ1) is 19.4. The Morgan fingerprint density at radius 3 is 2.12 bits per heavy atom. The van der Waals surface area contributed by atoms with Gasteiger partial charge in [-0.2, -0.15) is 0 Å². The van der Waals surface area contributed by atoms with Crippen LogP contribution in [-0.2, 0) is 35.2 Å². The molecular weight excluding hydrogens is 538 g/mol. The van der Waals surface area contributed by atoms with Gasteiger partial charge in [-0.15, -0.1) is 0 Å². The van der Waals surface area contributed by atoms with Crippen LogP contribution in [-0.4, -0.2) is 81.5 Å². The number of benzene rings is 1. The minimum atomic E-state index is -1.61. The lowest BCUT2D eigenvalue weighted by Gasteiger charge is -2.24. The molecule has 0 aliphatic heterocycles. The van der Waals surface area contributed by atoms with E-state index in [0.29, 0.717) is 24.9 Å². The van der Waals surface area contributed by atoms with Crippen LogP contribution in [0, 0.1) is 0 Å². The lowest BCUT2D eigenvalue weighted by atomic mass is 10.0. The van der Waals surface area contributed by atoms with Crippen LogP contribution in [0.3, 0.4) is 0 Å². The number of para-hydroxylation sites is 1. The molecule has 0 saturated heterocycles. The van der Waals surface area contributed by atoms with Crippen LogP contribution < -0.4 is 33.2 Å². The predicted octanol–water partition coefficient (Wildman–Crippen LogP) is -1.55. The molecule has 0 radical (unpaired) electrons. The quantitative estimate of drug-likeness (QED) is 0.0922. The first-order valence-electron chi connectivity index (χ1n) is 13.1. The number of carboxylic acids is 2. The van der Waals surface area contributed by atoms with E-state index in [4.69, 9.17) is 17.2 Å². The van der Waals surface area contributed by atoms with Gasteiger partial charge in [0.25, 0.3) is 0 Å². The Morgan fingerprint density at radius 2 is 1.49 bits per heavy atom. The number of fused-ring (bicyclic) bond motifs is 1. The smallest absolute Gasteiger partial charge is 0.326 e. The molecule has 224 valence electrons. The summed E-state index contributed by atoms with van der Waals surface area (Å²) in [5.74, 6) is -6.29. The second-order valence-corrected chi connectivity index (χ2v) is 9.58. The molecule has 0 aliphatic rings. The number of carbonyl (C=O) groups excluding carboxylic acids is 4. The number of rotatable bonds is 18. The van der Waals surface area contributed by atoms with Gasteiger partial charge in [0.1, 0.15) is 18.1 Å². The number of unbranched alkanes of at least 4 members (excludes halogenated alkanes) is 1. The molecule has 15 heteroatoms. The first kappa shape index (κ1) is 32.7. The number of carboxylic acid groups (broad SMARTS) is 2. The van der Waals surface area contributed by atoms with Crippen LogP contribution in [0.4, 0.5) is 0 Å². The summed E-state index contributed by atoms with van der Waals surface area (Å²) in [6.07, 6.45) is 1.46. The fourth-order valence-corrected chi connectivity index (χ4v) is 4.12. The fraction of sp³-hybridized carbons (Fsp3) is 0.462. The maximum Gasteiger partial charge on any atom is 0.326 e. The average Bonchev–Trinajstić information content (AvgIpc) is 3.32. The van der Waals surface area contributed by atoms with E-state index >= 15 is 0 Å². The van der Waals surface area contributed by atoms with E-state index < -0.39 is 66.2 Å². The molecule has 41 heavy (non-hydrogen) atoms. The molecule has 4 amide bonds. The number of carbonyl (C=O) groups is 6. The normalized spacial score (nSPS) is 13.9. The minimum Gasteiger partial charge on any atom is -0.481 e. The van der Waals surface area contributed by atoms with Crippen molar-refractivity contribution in [2.45, 2.75) is 69.1 Å². The summed E-state index contributed by atoms with van der Waals surface area (Å²) in [6, 6.07) is 1.68. The van der Waals surface area contributed by atoms with Gasteiger partial charge in [0.2, 0.25) is 23.6 Å². The molecule has 0 fully saturated rings. The molecule has 1 aromatic heterocycles. The lowest BCUT2D eigenvalue weighted by molar-refractivity contribution is -0.143. The number of nitrogens with one attached hydrogen (secondary N) is 4. The summed E-state index contributed by atoms with van der Waals surface area (Å²) in [4.78, 5) is 76.5. The summed E-state index contributed by atoms with van der Waals surface area (Å²) in [5, 5.41) is 26.8. The summed E-state index contributed by atoms with van der Waals surface area (Å²) in [6.45, 7) is 0.400. The first-order valence-corrected chi connectivity index (χ1v) is 13.1. The number of aromatic nitrogens is 1. The highest BCUT2D eigenvalue weighted by atomic mass is 16.4. The molecule has 0 spiro atoms. The third kappa shape index (κ3) is 10.5. The maximum absolute atomic E-state index is 13.1.